The van der Waals surface area contributed by atoms with Gasteiger partial charge in [0.25, 0.3) is 0 Å². The van der Waals surface area contributed by atoms with Gasteiger partial charge in [0.05, 0.1) is 22.8 Å². The van der Waals surface area contributed by atoms with Gasteiger partial charge in [-0.3, -0.25) is 0 Å². The fraction of sp³-hybridized carbons (Fsp3) is 0. The lowest BCUT2D eigenvalue weighted by atomic mass is 10.0. The summed E-state index contributed by atoms with van der Waals surface area (Å²) in [5, 5.41) is 10.1. The molecule has 6 nitrogen and oxygen atoms in total. The van der Waals surface area contributed by atoms with E-state index in [4.69, 9.17) is 24.9 Å². The lowest BCUT2D eigenvalue weighted by Crippen LogP contribution is -2.00. The molecule has 7 aromatic rings. The molecule has 0 radical (unpaired) electrons. The Morgan fingerprint density at radius 2 is 0.810 bits per heavy atom. The van der Waals surface area contributed by atoms with E-state index in [0.717, 1.165) is 44.4 Å². The Bertz CT molecular complexity index is 2010. The van der Waals surface area contributed by atoms with Crippen molar-refractivity contribution in [1.29, 1.82) is 5.26 Å². The molecule has 2 aromatic heterocycles. The molecule has 0 bridgehead atoms. The number of hydrogen-bond donors (Lipinski definition) is 0. The molecule has 0 amide bonds. The van der Waals surface area contributed by atoms with Crippen LogP contribution in [0.3, 0.4) is 0 Å². The first kappa shape index (κ1) is 24.9. The summed E-state index contributed by atoms with van der Waals surface area (Å²) in [7, 11) is 0. The van der Waals surface area contributed by atoms with Gasteiger partial charge in [-0.25, -0.2) is 24.9 Å². The predicted octanol–water partition coefficient (Wildman–Crippen LogP) is 8.02. The molecule has 0 spiro atoms. The summed E-state index contributed by atoms with van der Waals surface area (Å²) < 4.78 is 0. The quantitative estimate of drug-likeness (QED) is 0.220. The van der Waals surface area contributed by atoms with Crippen LogP contribution in [-0.4, -0.2) is 24.9 Å². The molecular weight excluding hydrogens is 516 g/mol. The molecule has 0 N–H and O–H groups in total. The van der Waals surface area contributed by atoms with Crippen LogP contribution in [0.25, 0.3) is 67.7 Å². The highest BCUT2D eigenvalue weighted by molar-refractivity contribution is 5.93. The maximum absolute atomic E-state index is 9.19. The SMILES string of the molecule is N#Cc1ccc(-c2nc(-c3ccc(-c4nc(-c5ccccc5)nc(-c5ccccc5)n4)cc3)c3ccccc3n2)cc1. The van der Waals surface area contributed by atoms with E-state index >= 15 is 0 Å². The van der Waals surface area contributed by atoms with Crippen molar-refractivity contribution in [3.63, 3.8) is 0 Å². The van der Waals surface area contributed by atoms with Crippen molar-refractivity contribution in [2.24, 2.45) is 0 Å². The minimum Gasteiger partial charge on any atom is -0.228 e. The van der Waals surface area contributed by atoms with Gasteiger partial charge in [-0.05, 0) is 30.3 Å². The molecule has 0 aliphatic rings. The largest absolute Gasteiger partial charge is 0.228 e. The fourth-order valence-electron chi connectivity index (χ4n) is 4.83. The molecule has 2 heterocycles. The van der Waals surface area contributed by atoms with Gasteiger partial charge in [0.1, 0.15) is 0 Å². The Morgan fingerprint density at radius 3 is 1.36 bits per heavy atom. The lowest BCUT2D eigenvalue weighted by molar-refractivity contribution is 1.07. The third-order valence-electron chi connectivity index (χ3n) is 6.99. The first-order valence-electron chi connectivity index (χ1n) is 13.5. The average molecular weight is 539 g/mol. The van der Waals surface area contributed by atoms with Crippen molar-refractivity contribution in [2.45, 2.75) is 0 Å². The van der Waals surface area contributed by atoms with E-state index in [1.165, 1.54) is 0 Å². The van der Waals surface area contributed by atoms with E-state index in [2.05, 4.69) is 6.07 Å². The molecule has 0 unspecified atom stereocenters. The number of rotatable bonds is 5. The third-order valence-corrected chi connectivity index (χ3v) is 6.99. The Kier molecular flexibility index (Phi) is 6.44. The van der Waals surface area contributed by atoms with Crippen molar-refractivity contribution in [2.75, 3.05) is 0 Å². The number of nitriles is 1. The van der Waals surface area contributed by atoms with Crippen LogP contribution in [-0.2, 0) is 0 Å². The summed E-state index contributed by atoms with van der Waals surface area (Å²) in [5.41, 5.74) is 6.81. The molecule has 42 heavy (non-hydrogen) atoms. The number of benzene rings is 5. The topological polar surface area (TPSA) is 88.2 Å². The van der Waals surface area contributed by atoms with E-state index in [0.29, 0.717) is 28.9 Å². The van der Waals surface area contributed by atoms with Gasteiger partial charge in [0.2, 0.25) is 0 Å². The summed E-state index contributed by atoms with van der Waals surface area (Å²) in [6, 6.07) is 45.5. The third kappa shape index (κ3) is 4.87. The van der Waals surface area contributed by atoms with Gasteiger partial charge in [0.15, 0.2) is 23.3 Å². The van der Waals surface area contributed by atoms with Crippen molar-refractivity contribution in [3.05, 3.63) is 139 Å². The van der Waals surface area contributed by atoms with Crippen molar-refractivity contribution in [3.8, 4) is 62.9 Å². The lowest BCUT2D eigenvalue weighted by Gasteiger charge is -2.11. The first-order valence-corrected chi connectivity index (χ1v) is 13.5. The number of nitrogens with zero attached hydrogens (tertiary/aromatic N) is 6. The second-order valence-corrected chi connectivity index (χ2v) is 9.72. The molecule has 0 fully saturated rings. The molecule has 5 aromatic carbocycles. The van der Waals surface area contributed by atoms with Crippen LogP contribution < -0.4 is 0 Å². The molecule has 0 aliphatic carbocycles. The van der Waals surface area contributed by atoms with Crippen molar-refractivity contribution >= 4 is 10.9 Å². The first-order chi connectivity index (χ1) is 20.7. The van der Waals surface area contributed by atoms with Crippen LogP contribution in [0, 0.1) is 11.3 Å². The highest BCUT2D eigenvalue weighted by Gasteiger charge is 2.14. The van der Waals surface area contributed by atoms with E-state index < -0.39 is 0 Å². The summed E-state index contributed by atoms with van der Waals surface area (Å²) in [4.78, 5) is 24.3. The van der Waals surface area contributed by atoms with Crippen LogP contribution in [0.15, 0.2) is 133 Å². The highest BCUT2D eigenvalue weighted by atomic mass is 15.0. The summed E-state index contributed by atoms with van der Waals surface area (Å²) in [6.45, 7) is 0. The molecule has 7 rings (SSSR count). The minimum atomic E-state index is 0.597. The minimum absolute atomic E-state index is 0.597. The zero-order valence-electron chi connectivity index (χ0n) is 22.4. The number of hydrogen-bond acceptors (Lipinski definition) is 6. The maximum atomic E-state index is 9.19. The second kappa shape index (κ2) is 10.8. The van der Waals surface area contributed by atoms with Crippen LogP contribution in [0.1, 0.15) is 5.56 Å². The van der Waals surface area contributed by atoms with Crippen LogP contribution in [0.2, 0.25) is 0 Å². The van der Waals surface area contributed by atoms with Crippen molar-refractivity contribution < 1.29 is 0 Å². The van der Waals surface area contributed by atoms with E-state index in [1.54, 1.807) is 12.1 Å². The van der Waals surface area contributed by atoms with E-state index in [-0.39, 0.29) is 0 Å². The van der Waals surface area contributed by atoms with E-state index in [1.807, 2.05) is 121 Å². The van der Waals surface area contributed by atoms with Gasteiger partial charge < -0.3 is 0 Å². The number of fused-ring (bicyclic) bond motifs is 1. The average Bonchev–Trinajstić information content (AvgIpc) is 3.08. The van der Waals surface area contributed by atoms with Crippen LogP contribution in [0.4, 0.5) is 0 Å². The zero-order valence-corrected chi connectivity index (χ0v) is 22.4. The standard InChI is InChI=1S/C36H22N6/c37-23-24-15-17-28(18-16-24)33-38-31-14-8-7-13-30(31)32(39-33)25-19-21-29(22-20-25)36-41-34(26-9-3-1-4-10-26)40-35(42-36)27-11-5-2-6-12-27/h1-22H. The molecular formula is C36H22N6. The molecule has 6 heteroatoms. The predicted molar refractivity (Wildman–Crippen MR) is 165 cm³/mol. The normalized spacial score (nSPS) is 10.8. The fourth-order valence-corrected chi connectivity index (χ4v) is 4.83. The monoisotopic (exact) mass is 538 g/mol. The van der Waals surface area contributed by atoms with Crippen LogP contribution >= 0.6 is 0 Å². The highest BCUT2D eigenvalue weighted by Crippen LogP contribution is 2.31. The number of aromatic nitrogens is 5. The Labute approximate surface area is 242 Å². The Morgan fingerprint density at radius 1 is 0.381 bits per heavy atom. The van der Waals surface area contributed by atoms with Gasteiger partial charge >= 0.3 is 0 Å². The smallest absolute Gasteiger partial charge is 0.164 e. The summed E-state index contributed by atoms with van der Waals surface area (Å²) in [5.74, 6) is 2.45. The Balaban J connectivity index is 1.32. The maximum Gasteiger partial charge on any atom is 0.164 e. The molecule has 196 valence electrons. The molecule has 0 aliphatic heterocycles. The molecule has 0 saturated heterocycles. The van der Waals surface area contributed by atoms with Gasteiger partial charge in [-0.2, -0.15) is 5.26 Å². The van der Waals surface area contributed by atoms with Gasteiger partial charge in [-0.15, -0.1) is 0 Å². The van der Waals surface area contributed by atoms with Crippen LogP contribution in [0.5, 0.6) is 0 Å². The second-order valence-electron chi connectivity index (χ2n) is 9.72. The van der Waals surface area contributed by atoms with E-state index in [9.17, 15) is 5.26 Å². The summed E-state index contributed by atoms with van der Waals surface area (Å²) in [6.07, 6.45) is 0. The summed E-state index contributed by atoms with van der Waals surface area (Å²) >= 11 is 0. The zero-order chi connectivity index (χ0) is 28.3. The molecule has 0 saturated carbocycles. The number of para-hydroxylation sites is 1. The van der Waals surface area contributed by atoms with Crippen molar-refractivity contribution in [1.82, 2.24) is 24.9 Å². The van der Waals surface area contributed by atoms with Gasteiger partial charge in [0, 0.05) is 33.2 Å². The van der Waals surface area contributed by atoms with Gasteiger partial charge in [-0.1, -0.05) is 103 Å². The molecule has 0 atom stereocenters. The Hall–Kier alpha value is -6.06.